The van der Waals surface area contributed by atoms with Crippen LogP contribution in [0.3, 0.4) is 0 Å². The second-order valence-electron chi connectivity index (χ2n) is 2.89. The summed E-state index contributed by atoms with van der Waals surface area (Å²) >= 11 is 0. The van der Waals surface area contributed by atoms with Gasteiger partial charge in [0, 0.05) is 5.56 Å². The fraction of sp³-hybridized carbons (Fsp3) is 0.364. The highest BCUT2D eigenvalue weighted by molar-refractivity contribution is 5.87. The first-order valence-corrected chi connectivity index (χ1v) is 4.66. The molecule has 0 saturated heterocycles. The lowest BCUT2D eigenvalue weighted by atomic mass is 10.1. The fourth-order valence-electron chi connectivity index (χ4n) is 1.32. The van der Waals surface area contributed by atoms with E-state index in [1.807, 2.05) is 13.8 Å². The van der Waals surface area contributed by atoms with Gasteiger partial charge in [0.2, 0.25) is 0 Å². The number of carbonyl (C=O) groups is 1. The number of aryl methyl sites for hydroxylation is 1. The summed E-state index contributed by atoms with van der Waals surface area (Å²) in [4.78, 5) is 10.7. The predicted octanol–water partition coefficient (Wildman–Crippen LogP) is 1.01. The topological polar surface area (TPSA) is 49.4 Å². The highest BCUT2D eigenvalue weighted by atomic mass is 16.5. The van der Waals surface area contributed by atoms with Gasteiger partial charge in [0.25, 0.3) is 0 Å². The zero-order valence-electron chi connectivity index (χ0n) is 8.37. The van der Waals surface area contributed by atoms with Crippen LogP contribution in [-0.2, 0) is 6.42 Å². The van der Waals surface area contributed by atoms with Gasteiger partial charge in [0.15, 0.2) is 0 Å². The molecule has 1 rings (SSSR count). The van der Waals surface area contributed by atoms with Crippen molar-refractivity contribution in [2.75, 3.05) is 6.61 Å². The van der Waals surface area contributed by atoms with Crippen LogP contribution in [-0.4, -0.2) is 12.6 Å². The Hall–Kier alpha value is -1.51. The molecule has 14 heavy (non-hydrogen) atoms. The maximum absolute atomic E-state index is 10.7. The lowest BCUT2D eigenvalue weighted by Gasteiger charge is -2.11. The van der Waals surface area contributed by atoms with Crippen molar-refractivity contribution < 1.29 is 14.6 Å². The molecule has 0 saturated carbocycles. The zero-order valence-corrected chi connectivity index (χ0v) is 8.37. The summed E-state index contributed by atoms with van der Waals surface area (Å²) in [6.07, 6.45) is 0.657. The largest absolute Gasteiger partial charge is 0.545 e. The van der Waals surface area contributed by atoms with Crippen molar-refractivity contribution in [3.8, 4) is 5.75 Å². The summed E-state index contributed by atoms with van der Waals surface area (Å²) in [7, 11) is 0. The van der Waals surface area contributed by atoms with E-state index in [2.05, 4.69) is 0 Å². The highest BCUT2D eigenvalue weighted by Crippen LogP contribution is 2.18. The molecule has 0 aromatic heterocycles. The van der Waals surface area contributed by atoms with Crippen LogP contribution in [0.4, 0.5) is 0 Å². The smallest absolute Gasteiger partial charge is 0.119 e. The first-order chi connectivity index (χ1) is 6.69. The van der Waals surface area contributed by atoms with E-state index in [-0.39, 0.29) is 5.56 Å². The molecule has 76 valence electrons. The Bertz CT molecular complexity index is 331. The van der Waals surface area contributed by atoms with Gasteiger partial charge in [-0.25, -0.2) is 0 Å². The molecule has 0 bridgehead atoms. The van der Waals surface area contributed by atoms with Crippen molar-refractivity contribution in [2.45, 2.75) is 20.3 Å². The Morgan fingerprint density at radius 2 is 2.14 bits per heavy atom. The van der Waals surface area contributed by atoms with E-state index < -0.39 is 5.97 Å². The quantitative estimate of drug-likeness (QED) is 0.717. The normalized spacial score (nSPS) is 9.86. The van der Waals surface area contributed by atoms with Crippen LogP contribution in [0, 0.1) is 0 Å². The summed E-state index contributed by atoms with van der Waals surface area (Å²) in [6.45, 7) is 4.36. The molecule has 0 N–H and O–H groups in total. The second kappa shape index (κ2) is 4.65. The third-order valence-electron chi connectivity index (χ3n) is 1.99. The molecular weight excluding hydrogens is 180 g/mol. The van der Waals surface area contributed by atoms with E-state index in [4.69, 9.17) is 4.74 Å². The number of carboxylic acids is 1. The number of hydrogen-bond acceptors (Lipinski definition) is 3. The molecule has 0 unspecified atom stereocenters. The summed E-state index contributed by atoms with van der Waals surface area (Å²) in [6, 6.07) is 4.92. The van der Waals surface area contributed by atoms with Gasteiger partial charge in [-0.15, -0.1) is 0 Å². The molecule has 0 heterocycles. The number of carboxylic acid groups (broad SMARTS) is 1. The van der Waals surface area contributed by atoms with Crippen molar-refractivity contribution >= 4 is 5.97 Å². The monoisotopic (exact) mass is 193 g/mol. The Balaban J connectivity index is 3.05. The van der Waals surface area contributed by atoms with Crippen LogP contribution < -0.4 is 9.84 Å². The number of ether oxygens (including phenoxy) is 1. The van der Waals surface area contributed by atoms with Crippen LogP contribution >= 0.6 is 0 Å². The van der Waals surface area contributed by atoms with Gasteiger partial charge < -0.3 is 14.6 Å². The molecule has 0 atom stereocenters. The van der Waals surface area contributed by atoms with E-state index in [0.717, 1.165) is 5.56 Å². The zero-order chi connectivity index (χ0) is 10.6. The minimum Gasteiger partial charge on any atom is -0.545 e. The minimum atomic E-state index is -1.13. The molecule has 0 aliphatic carbocycles. The maximum Gasteiger partial charge on any atom is 0.119 e. The standard InChI is InChI=1S/C11H14O3/c1-3-8-7-9(14-4-2)5-6-10(8)11(12)13/h5-7H,3-4H2,1-2H3,(H,12,13)/p-1. The number of rotatable bonds is 4. The van der Waals surface area contributed by atoms with Crippen molar-refractivity contribution in [2.24, 2.45) is 0 Å². The van der Waals surface area contributed by atoms with Crippen LogP contribution in [0.5, 0.6) is 5.75 Å². The maximum atomic E-state index is 10.7. The Kier molecular flexibility index (Phi) is 3.51. The summed E-state index contributed by atoms with van der Waals surface area (Å²) in [5, 5.41) is 10.7. The second-order valence-corrected chi connectivity index (χ2v) is 2.89. The van der Waals surface area contributed by atoms with E-state index >= 15 is 0 Å². The molecular formula is C11H13O3-. The van der Waals surface area contributed by atoms with Crippen LogP contribution in [0.25, 0.3) is 0 Å². The number of hydrogen-bond donors (Lipinski definition) is 0. The molecule has 0 amide bonds. The molecule has 0 fully saturated rings. The molecule has 1 aromatic carbocycles. The first-order valence-electron chi connectivity index (χ1n) is 4.66. The van der Waals surface area contributed by atoms with E-state index in [1.54, 1.807) is 12.1 Å². The molecule has 0 radical (unpaired) electrons. The van der Waals surface area contributed by atoms with Gasteiger partial charge >= 0.3 is 0 Å². The Labute approximate surface area is 83.3 Å². The average molecular weight is 193 g/mol. The van der Waals surface area contributed by atoms with Crippen molar-refractivity contribution in [1.29, 1.82) is 0 Å². The van der Waals surface area contributed by atoms with Gasteiger partial charge in [-0.3, -0.25) is 0 Å². The molecule has 3 nitrogen and oxygen atoms in total. The van der Waals surface area contributed by atoms with Crippen LogP contribution in [0.1, 0.15) is 29.8 Å². The van der Waals surface area contributed by atoms with Gasteiger partial charge in [0.05, 0.1) is 12.6 Å². The minimum absolute atomic E-state index is 0.246. The molecule has 0 aliphatic heterocycles. The van der Waals surface area contributed by atoms with Gasteiger partial charge in [-0.2, -0.15) is 0 Å². The molecule has 0 aliphatic rings. The van der Waals surface area contributed by atoms with Crippen LogP contribution in [0.15, 0.2) is 18.2 Å². The fourth-order valence-corrected chi connectivity index (χ4v) is 1.32. The van der Waals surface area contributed by atoms with E-state index in [0.29, 0.717) is 18.8 Å². The number of aromatic carboxylic acids is 1. The average Bonchev–Trinajstić information content (AvgIpc) is 2.17. The van der Waals surface area contributed by atoms with Gasteiger partial charge in [-0.05, 0) is 37.1 Å². The lowest BCUT2D eigenvalue weighted by Crippen LogP contribution is -2.23. The van der Waals surface area contributed by atoms with E-state index in [9.17, 15) is 9.90 Å². The SMILES string of the molecule is CCOc1ccc(C(=O)[O-])c(CC)c1. The van der Waals surface area contributed by atoms with Crippen molar-refractivity contribution in [3.63, 3.8) is 0 Å². The molecule has 3 heteroatoms. The number of benzene rings is 1. The van der Waals surface area contributed by atoms with Gasteiger partial charge in [-0.1, -0.05) is 6.92 Å². The Morgan fingerprint density at radius 1 is 1.43 bits per heavy atom. The van der Waals surface area contributed by atoms with Gasteiger partial charge in [0.1, 0.15) is 5.75 Å². The summed E-state index contributed by atoms with van der Waals surface area (Å²) < 4.78 is 5.27. The summed E-state index contributed by atoms with van der Waals surface area (Å²) in [5.74, 6) is -0.431. The highest BCUT2D eigenvalue weighted by Gasteiger charge is 2.03. The molecule has 1 aromatic rings. The molecule has 0 spiro atoms. The van der Waals surface area contributed by atoms with Crippen molar-refractivity contribution in [3.05, 3.63) is 29.3 Å². The predicted molar refractivity (Wildman–Crippen MR) is 51.3 cm³/mol. The van der Waals surface area contributed by atoms with E-state index in [1.165, 1.54) is 6.07 Å². The summed E-state index contributed by atoms with van der Waals surface area (Å²) in [5.41, 5.74) is 0.993. The number of carbonyl (C=O) groups excluding carboxylic acids is 1. The lowest BCUT2D eigenvalue weighted by molar-refractivity contribution is -0.255. The van der Waals surface area contributed by atoms with Crippen LogP contribution in [0.2, 0.25) is 0 Å². The first kappa shape index (κ1) is 10.6. The van der Waals surface area contributed by atoms with Crippen molar-refractivity contribution in [1.82, 2.24) is 0 Å². The third kappa shape index (κ3) is 2.25. The Morgan fingerprint density at radius 3 is 2.64 bits per heavy atom. The third-order valence-corrected chi connectivity index (χ3v) is 1.99.